The molecule has 0 amide bonds. The second-order valence-electron chi connectivity index (χ2n) is 4.81. The molecule has 1 aliphatic rings. The van der Waals surface area contributed by atoms with E-state index in [0.29, 0.717) is 19.6 Å². The van der Waals surface area contributed by atoms with Crippen LogP contribution in [-0.2, 0) is 4.79 Å². The van der Waals surface area contributed by atoms with Crippen molar-refractivity contribution in [3.8, 4) is 0 Å². The van der Waals surface area contributed by atoms with Crippen molar-refractivity contribution in [1.29, 1.82) is 0 Å². The topological polar surface area (TPSA) is 131 Å². The van der Waals surface area contributed by atoms with Crippen LogP contribution in [0.3, 0.4) is 0 Å². The highest BCUT2D eigenvalue weighted by Crippen LogP contribution is 2.18. The molecule has 9 heteroatoms. The lowest BCUT2D eigenvalue weighted by Crippen LogP contribution is -2.44. The maximum absolute atomic E-state index is 11.7. The van der Waals surface area contributed by atoms with Gasteiger partial charge in [-0.25, -0.2) is 9.89 Å². The molecule has 0 saturated carbocycles. The van der Waals surface area contributed by atoms with Crippen molar-refractivity contribution >= 4 is 11.8 Å². The monoisotopic (exact) mass is 283 g/mol. The van der Waals surface area contributed by atoms with Crippen molar-refractivity contribution in [1.82, 2.24) is 20.5 Å². The molecule has 1 aromatic rings. The Bertz CT molecular complexity index is 581. The van der Waals surface area contributed by atoms with Crippen LogP contribution in [0.5, 0.6) is 0 Å². The third kappa shape index (κ3) is 3.67. The molecule has 0 spiro atoms. The molecular formula is C11H17N5O4. The van der Waals surface area contributed by atoms with Crippen LogP contribution in [0.25, 0.3) is 0 Å². The van der Waals surface area contributed by atoms with E-state index in [-0.39, 0.29) is 18.3 Å². The molecule has 4 N–H and O–H groups in total. The van der Waals surface area contributed by atoms with Gasteiger partial charge in [0.1, 0.15) is 0 Å². The Hall–Kier alpha value is -2.16. The van der Waals surface area contributed by atoms with Gasteiger partial charge >= 0.3 is 11.7 Å². The van der Waals surface area contributed by atoms with Gasteiger partial charge in [-0.3, -0.25) is 14.6 Å². The molecule has 0 aromatic carbocycles. The Kier molecular flexibility index (Phi) is 4.51. The molecule has 0 radical (unpaired) electrons. The Balaban J connectivity index is 1.97. The Morgan fingerprint density at radius 2 is 2.30 bits per heavy atom. The number of carboxylic acid groups (broad SMARTS) is 1. The van der Waals surface area contributed by atoms with E-state index in [1.807, 2.05) is 4.90 Å². The van der Waals surface area contributed by atoms with Crippen molar-refractivity contribution in [2.75, 3.05) is 31.1 Å². The van der Waals surface area contributed by atoms with Crippen LogP contribution in [0.15, 0.2) is 9.59 Å². The van der Waals surface area contributed by atoms with Gasteiger partial charge in [-0.05, 0) is 18.8 Å². The van der Waals surface area contributed by atoms with Crippen molar-refractivity contribution in [3.63, 3.8) is 0 Å². The summed E-state index contributed by atoms with van der Waals surface area (Å²) in [6.07, 6.45) is 1.85. The average molecular weight is 283 g/mol. The molecule has 1 saturated heterocycles. The lowest BCUT2D eigenvalue weighted by atomic mass is 9.98. The minimum Gasteiger partial charge on any atom is -0.480 e. The molecule has 2 heterocycles. The first kappa shape index (κ1) is 14.3. The molecule has 0 aliphatic carbocycles. The molecule has 20 heavy (non-hydrogen) atoms. The fourth-order valence-corrected chi connectivity index (χ4v) is 2.36. The van der Waals surface area contributed by atoms with E-state index in [1.165, 1.54) is 0 Å². The zero-order valence-corrected chi connectivity index (χ0v) is 10.9. The highest BCUT2D eigenvalue weighted by Gasteiger charge is 2.22. The third-order valence-corrected chi connectivity index (χ3v) is 3.22. The van der Waals surface area contributed by atoms with Gasteiger partial charge in [0, 0.05) is 19.6 Å². The minimum atomic E-state index is -0.892. The predicted octanol–water partition coefficient (Wildman–Crippen LogP) is -1.65. The van der Waals surface area contributed by atoms with E-state index in [2.05, 4.69) is 20.5 Å². The number of rotatable bonds is 5. The quantitative estimate of drug-likeness (QED) is 0.509. The Morgan fingerprint density at radius 3 is 3.00 bits per heavy atom. The fraction of sp³-hybridized carbons (Fsp3) is 0.636. The Morgan fingerprint density at radius 1 is 1.50 bits per heavy atom. The number of aromatic amines is 2. The van der Waals surface area contributed by atoms with Crippen LogP contribution in [0, 0.1) is 5.92 Å². The number of carbonyl (C=O) groups is 1. The molecule has 1 atom stereocenters. The number of aromatic nitrogens is 3. The highest BCUT2D eigenvalue weighted by atomic mass is 16.4. The fourth-order valence-electron chi connectivity index (χ4n) is 2.36. The second-order valence-corrected chi connectivity index (χ2v) is 4.81. The van der Waals surface area contributed by atoms with Gasteiger partial charge in [0.15, 0.2) is 0 Å². The first-order valence-electron chi connectivity index (χ1n) is 6.42. The zero-order chi connectivity index (χ0) is 14.5. The first-order chi connectivity index (χ1) is 9.56. The summed E-state index contributed by atoms with van der Waals surface area (Å²) in [4.78, 5) is 37.0. The normalized spacial score (nSPS) is 19.0. The van der Waals surface area contributed by atoms with Crippen LogP contribution in [0.2, 0.25) is 0 Å². The summed E-state index contributed by atoms with van der Waals surface area (Å²) in [5.41, 5.74) is -1.14. The van der Waals surface area contributed by atoms with Crippen LogP contribution >= 0.6 is 0 Å². The molecule has 9 nitrogen and oxygen atoms in total. The molecule has 1 unspecified atom stereocenters. The van der Waals surface area contributed by atoms with Crippen LogP contribution in [-0.4, -0.2) is 52.4 Å². The van der Waals surface area contributed by atoms with E-state index in [0.717, 1.165) is 12.8 Å². The number of nitrogens with one attached hydrogen (secondary N) is 3. The number of aliphatic carboxylic acids is 1. The number of nitrogens with zero attached hydrogens (tertiary/aromatic N) is 2. The number of piperidine rings is 1. The smallest absolute Gasteiger partial charge is 0.342 e. The van der Waals surface area contributed by atoms with Crippen LogP contribution < -0.4 is 21.5 Å². The molecule has 110 valence electrons. The maximum atomic E-state index is 11.7. The standard InChI is InChI=1S/C11H17N5O4/c17-8(18)5-12-4-7-2-1-3-16(6-7)9-10(19)13-11(20)15-14-9/h7,12H,1-6H2,(H,17,18)(H2,13,15,19,20). The average Bonchev–Trinajstić information content (AvgIpc) is 2.38. The van der Waals surface area contributed by atoms with Crippen LogP contribution in [0.4, 0.5) is 5.82 Å². The van der Waals surface area contributed by atoms with Gasteiger partial charge in [0.2, 0.25) is 5.82 Å². The van der Waals surface area contributed by atoms with Gasteiger partial charge in [0.25, 0.3) is 5.56 Å². The van der Waals surface area contributed by atoms with E-state index >= 15 is 0 Å². The van der Waals surface area contributed by atoms with Gasteiger partial charge in [0.05, 0.1) is 6.54 Å². The first-order valence-corrected chi connectivity index (χ1v) is 6.42. The molecule has 1 aliphatic heterocycles. The summed E-state index contributed by atoms with van der Waals surface area (Å²) in [7, 11) is 0. The third-order valence-electron chi connectivity index (χ3n) is 3.22. The lowest BCUT2D eigenvalue weighted by molar-refractivity contribution is -0.136. The number of H-pyrrole nitrogens is 2. The van der Waals surface area contributed by atoms with Gasteiger partial charge in [-0.1, -0.05) is 0 Å². The maximum Gasteiger partial charge on any atom is 0.342 e. The summed E-state index contributed by atoms with van der Waals surface area (Å²) in [5, 5.41) is 17.4. The number of hydrogen-bond acceptors (Lipinski definition) is 6. The Labute approximate surface area is 114 Å². The summed E-state index contributed by atoms with van der Waals surface area (Å²) >= 11 is 0. The van der Waals surface area contributed by atoms with E-state index in [4.69, 9.17) is 5.11 Å². The van der Waals surface area contributed by atoms with E-state index in [9.17, 15) is 14.4 Å². The minimum absolute atomic E-state index is 0.0754. The molecule has 0 bridgehead atoms. The van der Waals surface area contributed by atoms with Gasteiger partial charge in [-0.2, -0.15) is 0 Å². The number of carboxylic acids is 1. The zero-order valence-electron chi connectivity index (χ0n) is 10.9. The molecule has 1 aromatic heterocycles. The molecular weight excluding hydrogens is 266 g/mol. The lowest BCUT2D eigenvalue weighted by Gasteiger charge is -2.32. The number of anilines is 1. The van der Waals surface area contributed by atoms with Gasteiger partial charge < -0.3 is 15.3 Å². The number of hydrogen-bond donors (Lipinski definition) is 4. The second kappa shape index (κ2) is 6.33. The van der Waals surface area contributed by atoms with E-state index in [1.54, 1.807) is 0 Å². The molecule has 1 fully saturated rings. The SMILES string of the molecule is O=C(O)CNCC1CCCN(c2n[nH]c(=O)[nH]c2=O)C1. The summed E-state index contributed by atoms with van der Waals surface area (Å²) in [6, 6.07) is 0. The molecule has 2 rings (SSSR count). The van der Waals surface area contributed by atoms with Crippen molar-refractivity contribution in [3.05, 3.63) is 20.8 Å². The summed E-state index contributed by atoms with van der Waals surface area (Å²) in [6.45, 7) is 1.80. The highest BCUT2D eigenvalue weighted by molar-refractivity contribution is 5.68. The van der Waals surface area contributed by atoms with Crippen LogP contribution in [0.1, 0.15) is 12.8 Å². The van der Waals surface area contributed by atoms with Crippen molar-refractivity contribution in [2.45, 2.75) is 12.8 Å². The van der Waals surface area contributed by atoms with Gasteiger partial charge in [-0.15, -0.1) is 5.10 Å². The van der Waals surface area contributed by atoms with E-state index < -0.39 is 17.2 Å². The predicted molar refractivity (Wildman–Crippen MR) is 70.9 cm³/mol. The largest absolute Gasteiger partial charge is 0.480 e. The summed E-state index contributed by atoms with van der Waals surface area (Å²) in [5.74, 6) is -0.444. The summed E-state index contributed by atoms with van der Waals surface area (Å²) < 4.78 is 0. The van der Waals surface area contributed by atoms with Crippen molar-refractivity contribution in [2.24, 2.45) is 5.92 Å². The van der Waals surface area contributed by atoms with Crippen molar-refractivity contribution < 1.29 is 9.90 Å².